The van der Waals surface area contributed by atoms with Crippen molar-refractivity contribution in [1.82, 2.24) is 4.90 Å². The van der Waals surface area contributed by atoms with Crippen LogP contribution in [-0.4, -0.2) is 17.5 Å². The number of benzene rings is 3. The first-order chi connectivity index (χ1) is 12.8. The topological polar surface area (TPSA) is 15.8 Å². The summed E-state index contributed by atoms with van der Waals surface area (Å²) in [6.45, 7) is 4.91. The van der Waals surface area contributed by atoms with E-state index < -0.39 is 0 Å². The standard InChI is InChI=1S/C24H25NO/c1-20(24(19-26-24)23-15-9-4-10-16-23)25(17-21-11-5-2-6-12-21)18-22-13-7-3-8-14-22/h2-16,20H,17-19H2,1H3/t20-,24-/m0/s1. The molecular formula is C24H25NO. The lowest BCUT2D eigenvalue weighted by Crippen LogP contribution is -2.41. The van der Waals surface area contributed by atoms with Crippen molar-refractivity contribution in [1.29, 1.82) is 0 Å². The van der Waals surface area contributed by atoms with Crippen molar-refractivity contribution in [2.75, 3.05) is 6.61 Å². The van der Waals surface area contributed by atoms with Gasteiger partial charge in [0.05, 0.1) is 6.61 Å². The van der Waals surface area contributed by atoms with E-state index in [1.807, 2.05) is 0 Å². The number of rotatable bonds is 7. The quantitative estimate of drug-likeness (QED) is 0.561. The van der Waals surface area contributed by atoms with E-state index in [1.54, 1.807) is 0 Å². The van der Waals surface area contributed by atoms with Crippen molar-refractivity contribution >= 4 is 0 Å². The second kappa shape index (κ2) is 7.45. The predicted octanol–water partition coefficient (Wildman–Crippen LogP) is 5.00. The highest BCUT2D eigenvalue weighted by Crippen LogP contribution is 2.44. The molecule has 132 valence electrons. The summed E-state index contributed by atoms with van der Waals surface area (Å²) < 4.78 is 6.06. The molecule has 0 aromatic heterocycles. The summed E-state index contributed by atoms with van der Waals surface area (Å²) in [5, 5.41) is 0. The molecule has 3 aromatic carbocycles. The van der Waals surface area contributed by atoms with Crippen molar-refractivity contribution in [2.24, 2.45) is 0 Å². The van der Waals surface area contributed by atoms with E-state index >= 15 is 0 Å². The van der Waals surface area contributed by atoms with Crippen LogP contribution in [0.4, 0.5) is 0 Å². The minimum atomic E-state index is -0.190. The first kappa shape index (κ1) is 17.0. The van der Waals surface area contributed by atoms with Crippen LogP contribution >= 0.6 is 0 Å². The fourth-order valence-corrected chi connectivity index (χ4v) is 3.71. The molecule has 0 saturated carbocycles. The number of nitrogens with zero attached hydrogens (tertiary/aromatic N) is 1. The van der Waals surface area contributed by atoms with Gasteiger partial charge in [0.25, 0.3) is 0 Å². The molecule has 0 bridgehead atoms. The molecule has 0 aliphatic carbocycles. The Morgan fingerprint density at radius 2 is 1.19 bits per heavy atom. The third kappa shape index (κ3) is 3.57. The van der Waals surface area contributed by atoms with Crippen LogP contribution in [0, 0.1) is 0 Å². The third-order valence-electron chi connectivity index (χ3n) is 5.40. The fraction of sp³-hybridized carbons (Fsp3) is 0.250. The van der Waals surface area contributed by atoms with E-state index in [1.165, 1.54) is 16.7 Å². The highest BCUT2D eigenvalue weighted by Gasteiger charge is 2.52. The van der Waals surface area contributed by atoms with Gasteiger partial charge in [-0.2, -0.15) is 0 Å². The van der Waals surface area contributed by atoms with Crippen molar-refractivity contribution in [3.05, 3.63) is 108 Å². The Bertz CT molecular complexity index is 771. The van der Waals surface area contributed by atoms with Crippen molar-refractivity contribution < 1.29 is 4.74 Å². The molecule has 1 fully saturated rings. The second-order valence-electron chi connectivity index (χ2n) is 7.10. The maximum atomic E-state index is 6.06. The van der Waals surface area contributed by atoms with Gasteiger partial charge >= 0.3 is 0 Å². The van der Waals surface area contributed by atoms with Crippen molar-refractivity contribution in [2.45, 2.75) is 31.7 Å². The first-order valence-electron chi connectivity index (χ1n) is 9.29. The van der Waals surface area contributed by atoms with Gasteiger partial charge in [0, 0.05) is 19.1 Å². The Morgan fingerprint density at radius 1 is 0.769 bits per heavy atom. The van der Waals surface area contributed by atoms with E-state index in [-0.39, 0.29) is 11.6 Å². The minimum absolute atomic E-state index is 0.190. The molecular weight excluding hydrogens is 318 g/mol. The molecule has 1 heterocycles. The van der Waals surface area contributed by atoms with Crippen LogP contribution in [0.3, 0.4) is 0 Å². The number of epoxide rings is 1. The third-order valence-corrected chi connectivity index (χ3v) is 5.40. The largest absolute Gasteiger partial charge is 0.363 e. The van der Waals surface area contributed by atoms with Crippen LogP contribution < -0.4 is 0 Å². The maximum Gasteiger partial charge on any atom is 0.132 e. The summed E-state index contributed by atoms with van der Waals surface area (Å²) in [6.07, 6.45) is 0. The highest BCUT2D eigenvalue weighted by molar-refractivity contribution is 5.29. The van der Waals surface area contributed by atoms with Gasteiger partial charge in [-0.3, -0.25) is 4.90 Å². The lowest BCUT2D eigenvalue weighted by Gasteiger charge is -2.33. The van der Waals surface area contributed by atoms with Crippen LogP contribution in [0.15, 0.2) is 91.0 Å². The SMILES string of the molecule is C[C@H](N(Cc1ccccc1)Cc1ccccc1)[C@]1(c2ccccc2)CO1. The number of hydrogen-bond acceptors (Lipinski definition) is 2. The number of hydrogen-bond donors (Lipinski definition) is 0. The summed E-state index contributed by atoms with van der Waals surface area (Å²) in [4.78, 5) is 2.53. The van der Waals surface area contributed by atoms with Gasteiger partial charge in [-0.1, -0.05) is 91.0 Å². The van der Waals surface area contributed by atoms with Gasteiger partial charge in [0.1, 0.15) is 5.60 Å². The van der Waals surface area contributed by atoms with Gasteiger partial charge < -0.3 is 4.74 Å². The van der Waals surface area contributed by atoms with Gasteiger partial charge in [0.2, 0.25) is 0 Å². The Hall–Kier alpha value is -2.42. The zero-order valence-corrected chi connectivity index (χ0v) is 15.2. The van der Waals surface area contributed by atoms with Crippen LogP contribution in [0.1, 0.15) is 23.6 Å². The summed E-state index contributed by atoms with van der Waals surface area (Å²) in [5.74, 6) is 0. The van der Waals surface area contributed by atoms with E-state index in [9.17, 15) is 0 Å². The molecule has 1 saturated heterocycles. The second-order valence-corrected chi connectivity index (χ2v) is 7.10. The van der Waals surface area contributed by atoms with E-state index in [0.717, 1.165) is 19.7 Å². The van der Waals surface area contributed by atoms with Crippen LogP contribution in [0.5, 0.6) is 0 Å². The van der Waals surface area contributed by atoms with E-state index in [2.05, 4.69) is 103 Å². The van der Waals surface area contributed by atoms with Crippen molar-refractivity contribution in [3.63, 3.8) is 0 Å². The summed E-state index contributed by atoms with van der Waals surface area (Å²) in [5.41, 5.74) is 3.75. The molecule has 0 amide bonds. The first-order valence-corrected chi connectivity index (χ1v) is 9.29. The summed E-state index contributed by atoms with van der Waals surface area (Å²) >= 11 is 0. The lowest BCUT2D eigenvalue weighted by molar-refractivity contribution is 0.104. The van der Waals surface area contributed by atoms with Crippen LogP contribution in [0.2, 0.25) is 0 Å². The zero-order valence-electron chi connectivity index (χ0n) is 15.2. The van der Waals surface area contributed by atoms with E-state index in [4.69, 9.17) is 4.74 Å². The molecule has 1 aliphatic rings. The molecule has 2 nitrogen and oxygen atoms in total. The normalized spacial score (nSPS) is 20.1. The minimum Gasteiger partial charge on any atom is -0.363 e. The molecule has 2 atom stereocenters. The average molecular weight is 343 g/mol. The summed E-state index contributed by atoms with van der Waals surface area (Å²) in [7, 11) is 0. The zero-order chi connectivity index (χ0) is 17.8. The van der Waals surface area contributed by atoms with Gasteiger partial charge in [-0.15, -0.1) is 0 Å². The van der Waals surface area contributed by atoms with Gasteiger partial charge in [-0.05, 0) is 23.6 Å². The molecule has 0 N–H and O–H groups in total. The Balaban J connectivity index is 1.61. The van der Waals surface area contributed by atoms with Gasteiger partial charge in [-0.25, -0.2) is 0 Å². The van der Waals surface area contributed by atoms with Crippen LogP contribution in [-0.2, 0) is 23.4 Å². The Labute approximate surface area is 156 Å². The molecule has 2 heteroatoms. The molecule has 1 aliphatic heterocycles. The Kier molecular flexibility index (Phi) is 4.87. The maximum absolute atomic E-state index is 6.06. The molecule has 26 heavy (non-hydrogen) atoms. The molecule has 4 rings (SSSR count). The monoisotopic (exact) mass is 343 g/mol. The molecule has 0 spiro atoms. The smallest absolute Gasteiger partial charge is 0.132 e. The van der Waals surface area contributed by atoms with Crippen LogP contribution in [0.25, 0.3) is 0 Å². The average Bonchev–Trinajstić information content (AvgIpc) is 3.51. The molecule has 3 aromatic rings. The fourth-order valence-electron chi connectivity index (χ4n) is 3.71. The molecule has 0 radical (unpaired) electrons. The Morgan fingerprint density at radius 3 is 1.62 bits per heavy atom. The number of ether oxygens (including phenoxy) is 1. The highest BCUT2D eigenvalue weighted by atomic mass is 16.6. The van der Waals surface area contributed by atoms with Gasteiger partial charge in [0.15, 0.2) is 0 Å². The van der Waals surface area contributed by atoms with E-state index in [0.29, 0.717) is 0 Å². The predicted molar refractivity (Wildman–Crippen MR) is 106 cm³/mol. The molecule has 0 unspecified atom stereocenters. The lowest BCUT2D eigenvalue weighted by atomic mass is 9.91. The summed E-state index contributed by atoms with van der Waals surface area (Å²) in [6, 6.07) is 32.3. The van der Waals surface area contributed by atoms with Crippen molar-refractivity contribution in [3.8, 4) is 0 Å².